The highest BCUT2D eigenvalue weighted by Crippen LogP contribution is 2.16. The number of hydrogen-bond donors (Lipinski definition) is 0. The van der Waals surface area contributed by atoms with Crippen LogP contribution in [-0.2, 0) is 7.05 Å². The Balaban J connectivity index is 2.92. The van der Waals surface area contributed by atoms with Gasteiger partial charge in [-0.25, -0.2) is 0 Å². The summed E-state index contributed by atoms with van der Waals surface area (Å²) < 4.78 is 2.09. The van der Waals surface area contributed by atoms with Crippen molar-refractivity contribution in [1.82, 2.24) is 4.57 Å². The van der Waals surface area contributed by atoms with Gasteiger partial charge in [-0.15, -0.1) is 0 Å². The smallest absolute Gasteiger partial charge is 0.0479 e. The third kappa shape index (κ3) is 0.845. The van der Waals surface area contributed by atoms with Gasteiger partial charge in [-0.2, -0.15) is 0 Å². The van der Waals surface area contributed by atoms with Gasteiger partial charge in [0.1, 0.15) is 0 Å². The Labute approximate surface area is 66.3 Å². The molecule has 2 rings (SSSR count). The van der Waals surface area contributed by atoms with Crippen molar-refractivity contribution in [3.63, 3.8) is 0 Å². The summed E-state index contributed by atoms with van der Waals surface area (Å²) in [6.45, 7) is 3.92. The van der Waals surface area contributed by atoms with E-state index in [9.17, 15) is 0 Å². The number of para-hydroxylation sites is 1. The third-order valence-electron chi connectivity index (χ3n) is 2.05. The van der Waals surface area contributed by atoms with E-state index < -0.39 is 0 Å². The zero-order valence-corrected chi connectivity index (χ0v) is 6.54. The zero-order chi connectivity index (χ0) is 7.84. The Morgan fingerprint density at radius 1 is 1.27 bits per heavy atom. The number of fused-ring (bicyclic) bond motifs is 1. The number of hydrogen-bond acceptors (Lipinski definition) is 0. The second-order valence-electron chi connectivity index (χ2n) is 2.75. The Morgan fingerprint density at radius 2 is 2.00 bits per heavy atom. The van der Waals surface area contributed by atoms with E-state index in [4.69, 9.17) is 0 Å². The van der Waals surface area contributed by atoms with E-state index in [0.717, 1.165) is 5.69 Å². The summed E-state index contributed by atoms with van der Waals surface area (Å²) in [5.41, 5.74) is 2.31. The molecule has 0 aliphatic carbocycles. The van der Waals surface area contributed by atoms with Gasteiger partial charge in [0.25, 0.3) is 0 Å². The van der Waals surface area contributed by atoms with Crippen molar-refractivity contribution in [2.45, 2.75) is 0 Å². The second kappa shape index (κ2) is 2.12. The molecular weight excluding hydrogens is 134 g/mol. The molecule has 0 bridgehead atoms. The molecule has 1 radical (unpaired) electrons. The summed E-state index contributed by atoms with van der Waals surface area (Å²) in [5, 5.41) is 1.26. The molecule has 2 aromatic rings. The molecule has 0 unspecified atom stereocenters. The highest BCUT2D eigenvalue weighted by atomic mass is 14.9. The quantitative estimate of drug-likeness (QED) is 0.535. The van der Waals surface area contributed by atoms with E-state index in [-0.39, 0.29) is 0 Å². The highest BCUT2D eigenvalue weighted by Gasteiger charge is 1.98. The van der Waals surface area contributed by atoms with Crippen LogP contribution in [0.25, 0.3) is 10.9 Å². The lowest BCUT2D eigenvalue weighted by atomic mass is 10.2. The van der Waals surface area contributed by atoms with Crippen LogP contribution in [0, 0.1) is 6.92 Å². The lowest BCUT2D eigenvalue weighted by Gasteiger charge is -1.96. The first-order valence-electron chi connectivity index (χ1n) is 3.65. The Bertz CT molecular complexity index is 385. The topological polar surface area (TPSA) is 4.93 Å². The monoisotopic (exact) mass is 144 g/mol. The van der Waals surface area contributed by atoms with Crippen LogP contribution in [0.2, 0.25) is 0 Å². The Hall–Kier alpha value is -1.24. The summed E-state index contributed by atoms with van der Waals surface area (Å²) in [6, 6.07) is 10.4. The second-order valence-corrected chi connectivity index (χ2v) is 2.75. The van der Waals surface area contributed by atoms with Gasteiger partial charge in [-0.05, 0) is 24.4 Å². The van der Waals surface area contributed by atoms with Crippen LogP contribution in [0.15, 0.2) is 30.3 Å². The molecule has 11 heavy (non-hydrogen) atoms. The first kappa shape index (κ1) is 6.47. The van der Waals surface area contributed by atoms with Crippen LogP contribution < -0.4 is 0 Å². The van der Waals surface area contributed by atoms with E-state index in [0.29, 0.717) is 0 Å². The van der Waals surface area contributed by atoms with Gasteiger partial charge in [0.05, 0.1) is 0 Å². The Morgan fingerprint density at radius 3 is 2.73 bits per heavy atom. The number of aryl methyl sites for hydroxylation is 1. The van der Waals surface area contributed by atoms with Gasteiger partial charge in [-0.1, -0.05) is 18.2 Å². The van der Waals surface area contributed by atoms with E-state index >= 15 is 0 Å². The maximum atomic E-state index is 3.92. The first-order valence-corrected chi connectivity index (χ1v) is 3.65. The molecule has 0 amide bonds. The minimum Gasteiger partial charge on any atom is -0.348 e. The van der Waals surface area contributed by atoms with Gasteiger partial charge in [0, 0.05) is 18.3 Å². The molecule has 1 aromatic carbocycles. The molecule has 0 spiro atoms. The van der Waals surface area contributed by atoms with Crippen molar-refractivity contribution in [3.05, 3.63) is 42.9 Å². The minimum absolute atomic E-state index is 1.06. The van der Waals surface area contributed by atoms with Gasteiger partial charge < -0.3 is 4.57 Å². The molecular formula is C10H10N. The zero-order valence-electron chi connectivity index (χ0n) is 6.54. The number of benzene rings is 1. The summed E-state index contributed by atoms with van der Waals surface area (Å²) in [6.07, 6.45) is 0. The largest absolute Gasteiger partial charge is 0.348 e. The average Bonchev–Trinajstić information content (AvgIpc) is 2.30. The van der Waals surface area contributed by atoms with Gasteiger partial charge in [0.2, 0.25) is 0 Å². The fourth-order valence-corrected chi connectivity index (χ4v) is 1.35. The third-order valence-corrected chi connectivity index (χ3v) is 2.05. The summed E-state index contributed by atoms with van der Waals surface area (Å²) in [4.78, 5) is 0. The lowest BCUT2D eigenvalue weighted by molar-refractivity contribution is 0.943. The van der Waals surface area contributed by atoms with Crippen molar-refractivity contribution < 1.29 is 0 Å². The molecule has 1 nitrogen and oxygen atoms in total. The summed E-state index contributed by atoms with van der Waals surface area (Å²) in [7, 11) is 2.03. The molecule has 0 fully saturated rings. The molecule has 0 saturated carbocycles. The summed E-state index contributed by atoms with van der Waals surface area (Å²) >= 11 is 0. The lowest BCUT2D eigenvalue weighted by Crippen LogP contribution is -1.88. The van der Waals surface area contributed by atoms with Gasteiger partial charge in [0.15, 0.2) is 0 Å². The molecule has 1 heteroatoms. The normalized spacial score (nSPS) is 10.7. The maximum Gasteiger partial charge on any atom is 0.0479 e. The van der Waals surface area contributed by atoms with Crippen molar-refractivity contribution in [2.75, 3.05) is 0 Å². The van der Waals surface area contributed by atoms with Crippen molar-refractivity contribution in [3.8, 4) is 0 Å². The van der Waals surface area contributed by atoms with Crippen LogP contribution >= 0.6 is 0 Å². The van der Waals surface area contributed by atoms with E-state index in [1.54, 1.807) is 0 Å². The first-order chi connectivity index (χ1) is 5.29. The SMILES string of the molecule is [CH2]c1cc2ccccc2n1C. The Kier molecular flexibility index (Phi) is 1.25. The van der Waals surface area contributed by atoms with E-state index in [1.807, 2.05) is 19.2 Å². The van der Waals surface area contributed by atoms with Crippen LogP contribution in [0.4, 0.5) is 0 Å². The highest BCUT2D eigenvalue weighted by molar-refractivity contribution is 5.81. The molecule has 0 aliphatic heterocycles. The van der Waals surface area contributed by atoms with Crippen LogP contribution in [0.1, 0.15) is 5.69 Å². The predicted molar refractivity (Wildman–Crippen MR) is 47.4 cm³/mol. The van der Waals surface area contributed by atoms with Crippen LogP contribution in [0.3, 0.4) is 0 Å². The average molecular weight is 144 g/mol. The molecule has 0 N–H and O–H groups in total. The standard InChI is InChI=1S/C10H10N/c1-8-7-9-5-3-4-6-10(9)11(8)2/h3-7H,1H2,2H3. The molecule has 0 saturated heterocycles. The van der Waals surface area contributed by atoms with Crippen molar-refractivity contribution >= 4 is 10.9 Å². The molecule has 0 aliphatic rings. The minimum atomic E-state index is 1.06. The van der Waals surface area contributed by atoms with Crippen LogP contribution in [-0.4, -0.2) is 4.57 Å². The van der Waals surface area contributed by atoms with Crippen LogP contribution in [0.5, 0.6) is 0 Å². The fourth-order valence-electron chi connectivity index (χ4n) is 1.35. The molecule has 55 valence electrons. The number of rotatable bonds is 0. The number of nitrogens with zero attached hydrogens (tertiary/aromatic N) is 1. The number of aromatic nitrogens is 1. The molecule has 1 aromatic heterocycles. The van der Waals surface area contributed by atoms with Gasteiger partial charge in [-0.3, -0.25) is 0 Å². The molecule has 1 heterocycles. The van der Waals surface area contributed by atoms with E-state index in [1.165, 1.54) is 10.9 Å². The van der Waals surface area contributed by atoms with Crippen molar-refractivity contribution in [1.29, 1.82) is 0 Å². The molecule has 0 atom stereocenters. The fraction of sp³-hybridized carbons (Fsp3) is 0.100. The van der Waals surface area contributed by atoms with Gasteiger partial charge >= 0.3 is 0 Å². The van der Waals surface area contributed by atoms with E-state index in [2.05, 4.69) is 29.7 Å². The van der Waals surface area contributed by atoms with Crippen molar-refractivity contribution in [2.24, 2.45) is 7.05 Å². The predicted octanol–water partition coefficient (Wildman–Crippen LogP) is 2.36. The maximum absolute atomic E-state index is 3.92. The summed E-state index contributed by atoms with van der Waals surface area (Å²) in [5.74, 6) is 0.